The average molecular weight is 326 g/mol. The van der Waals surface area contributed by atoms with Crippen molar-refractivity contribution in [3.63, 3.8) is 0 Å². The number of hydrogen-bond donors (Lipinski definition) is 1. The number of benzene rings is 1. The molecule has 0 radical (unpaired) electrons. The minimum atomic E-state index is 0.00621. The molecule has 1 aromatic carbocycles. The lowest BCUT2D eigenvalue weighted by Crippen LogP contribution is -2.25. The zero-order chi connectivity index (χ0) is 13.5. The quantitative estimate of drug-likeness (QED) is 0.928. The van der Waals surface area contributed by atoms with Gasteiger partial charge in [-0.2, -0.15) is 0 Å². The van der Waals surface area contributed by atoms with E-state index in [-0.39, 0.29) is 5.54 Å². The highest BCUT2D eigenvalue weighted by molar-refractivity contribution is 9.10. The summed E-state index contributed by atoms with van der Waals surface area (Å²) in [5, 5.41) is 0. The average Bonchev–Trinajstić information content (AvgIpc) is 3.14. The Hall–Kier alpha value is -0.740. The number of rotatable bonds is 3. The first-order valence-electron chi connectivity index (χ1n) is 7.02. The van der Waals surface area contributed by atoms with Crippen LogP contribution in [0.25, 0.3) is 0 Å². The summed E-state index contributed by atoms with van der Waals surface area (Å²) in [4.78, 5) is 0. The molecule has 2 N–H and O–H groups in total. The normalized spacial score (nSPS) is 19.9. The standard InChI is InChI=1S/C15H20BrNO2/c1-2-10-11(9-15(17)4-5-15)12(16)8-13-14(10)19-7-3-6-18-13/h8H,2-7,9,17H2,1H3. The molecule has 0 unspecified atom stereocenters. The molecule has 0 bridgehead atoms. The van der Waals surface area contributed by atoms with Gasteiger partial charge in [-0.1, -0.05) is 22.9 Å². The Balaban J connectivity index is 2.05. The van der Waals surface area contributed by atoms with Crippen molar-refractivity contribution in [3.05, 3.63) is 21.7 Å². The molecule has 0 atom stereocenters. The summed E-state index contributed by atoms with van der Waals surface area (Å²) in [5.41, 5.74) is 8.84. The van der Waals surface area contributed by atoms with Crippen molar-refractivity contribution >= 4 is 15.9 Å². The Bertz CT molecular complexity index is 497. The van der Waals surface area contributed by atoms with Gasteiger partial charge in [-0.05, 0) is 37.3 Å². The summed E-state index contributed by atoms with van der Waals surface area (Å²) in [6, 6.07) is 2.04. The van der Waals surface area contributed by atoms with Crippen LogP contribution in [0.15, 0.2) is 10.5 Å². The molecule has 104 valence electrons. The van der Waals surface area contributed by atoms with E-state index in [9.17, 15) is 0 Å². The first-order chi connectivity index (χ1) is 9.13. The van der Waals surface area contributed by atoms with Crippen molar-refractivity contribution in [3.8, 4) is 11.5 Å². The van der Waals surface area contributed by atoms with E-state index in [1.54, 1.807) is 0 Å². The van der Waals surface area contributed by atoms with Gasteiger partial charge >= 0.3 is 0 Å². The third-order valence-corrected chi connectivity index (χ3v) is 4.68. The van der Waals surface area contributed by atoms with Crippen LogP contribution in [0.3, 0.4) is 0 Å². The maximum atomic E-state index is 6.29. The van der Waals surface area contributed by atoms with Crippen LogP contribution >= 0.6 is 15.9 Å². The highest BCUT2D eigenvalue weighted by Gasteiger charge is 2.39. The molecule has 3 nitrogen and oxygen atoms in total. The Morgan fingerprint density at radius 1 is 1.26 bits per heavy atom. The molecule has 0 spiro atoms. The number of fused-ring (bicyclic) bond motifs is 1. The predicted octanol–water partition coefficient (Wildman–Crippen LogP) is 3.21. The highest BCUT2D eigenvalue weighted by atomic mass is 79.9. The Morgan fingerprint density at radius 2 is 2.00 bits per heavy atom. The second kappa shape index (κ2) is 4.98. The monoisotopic (exact) mass is 325 g/mol. The topological polar surface area (TPSA) is 44.5 Å². The molecule has 0 aromatic heterocycles. The summed E-state index contributed by atoms with van der Waals surface area (Å²) in [5.74, 6) is 1.80. The molecule has 1 fully saturated rings. The predicted molar refractivity (Wildman–Crippen MR) is 79.0 cm³/mol. The van der Waals surface area contributed by atoms with Gasteiger partial charge in [-0.15, -0.1) is 0 Å². The first-order valence-corrected chi connectivity index (χ1v) is 7.81. The molecule has 1 aromatic rings. The van der Waals surface area contributed by atoms with Gasteiger partial charge in [0.25, 0.3) is 0 Å². The summed E-state index contributed by atoms with van der Waals surface area (Å²) < 4.78 is 12.8. The van der Waals surface area contributed by atoms with E-state index in [1.807, 2.05) is 6.07 Å². The summed E-state index contributed by atoms with van der Waals surface area (Å²) >= 11 is 3.68. The van der Waals surface area contributed by atoms with E-state index in [0.717, 1.165) is 61.3 Å². The van der Waals surface area contributed by atoms with Gasteiger partial charge in [0, 0.05) is 22.0 Å². The lowest BCUT2D eigenvalue weighted by molar-refractivity contribution is 0.296. The largest absolute Gasteiger partial charge is 0.490 e. The number of hydrogen-bond acceptors (Lipinski definition) is 3. The van der Waals surface area contributed by atoms with Crippen molar-refractivity contribution in [2.24, 2.45) is 5.73 Å². The Morgan fingerprint density at radius 3 is 2.68 bits per heavy atom. The molecule has 4 heteroatoms. The van der Waals surface area contributed by atoms with E-state index in [2.05, 4.69) is 22.9 Å². The van der Waals surface area contributed by atoms with Crippen LogP contribution in [0.2, 0.25) is 0 Å². The van der Waals surface area contributed by atoms with E-state index in [0.29, 0.717) is 0 Å². The van der Waals surface area contributed by atoms with Gasteiger partial charge in [0.2, 0.25) is 0 Å². The lowest BCUT2D eigenvalue weighted by atomic mass is 9.96. The van der Waals surface area contributed by atoms with Gasteiger partial charge in [0.15, 0.2) is 11.5 Å². The maximum Gasteiger partial charge on any atom is 0.164 e. The van der Waals surface area contributed by atoms with E-state index >= 15 is 0 Å². The van der Waals surface area contributed by atoms with Crippen molar-refractivity contribution in [2.45, 2.75) is 44.6 Å². The molecule has 1 saturated carbocycles. The van der Waals surface area contributed by atoms with Crippen LogP contribution in [-0.2, 0) is 12.8 Å². The molecule has 3 rings (SSSR count). The van der Waals surface area contributed by atoms with Gasteiger partial charge in [0.05, 0.1) is 13.2 Å². The van der Waals surface area contributed by atoms with Crippen LogP contribution in [0.4, 0.5) is 0 Å². The molecule has 1 aliphatic carbocycles. The second-order valence-corrected chi connectivity index (χ2v) is 6.44. The fourth-order valence-corrected chi connectivity index (χ4v) is 3.22. The van der Waals surface area contributed by atoms with Crippen LogP contribution < -0.4 is 15.2 Å². The summed E-state index contributed by atoms with van der Waals surface area (Å²) in [6.45, 7) is 3.62. The number of halogens is 1. The van der Waals surface area contributed by atoms with E-state index in [4.69, 9.17) is 15.2 Å². The molecule has 0 amide bonds. The zero-order valence-corrected chi connectivity index (χ0v) is 12.9. The van der Waals surface area contributed by atoms with Crippen LogP contribution in [0.1, 0.15) is 37.3 Å². The van der Waals surface area contributed by atoms with E-state index < -0.39 is 0 Å². The Labute approximate surface area is 122 Å². The molecular weight excluding hydrogens is 306 g/mol. The minimum Gasteiger partial charge on any atom is -0.490 e. The summed E-state index contributed by atoms with van der Waals surface area (Å²) in [7, 11) is 0. The molecule has 1 heterocycles. The third kappa shape index (κ3) is 2.61. The van der Waals surface area contributed by atoms with Gasteiger partial charge in [0.1, 0.15) is 0 Å². The smallest absolute Gasteiger partial charge is 0.164 e. The minimum absolute atomic E-state index is 0.00621. The summed E-state index contributed by atoms with van der Waals surface area (Å²) in [6.07, 6.45) is 5.05. The second-order valence-electron chi connectivity index (χ2n) is 5.59. The van der Waals surface area contributed by atoms with Gasteiger partial charge in [-0.25, -0.2) is 0 Å². The molecule has 2 aliphatic rings. The first kappa shape index (κ1) is 13.3. The number of ether oxygens (including phenoxy) is 2. The van der Waals surface area contributed by atoms with Crippen molar-refractivity contribution in [2.75, 3.05) is 13.2 Å². The number of nitrogens with two attached hydrogens (primary N) is 1. The maximum absolute atomic E-state index is 6.29. The Kier molecular flexibility index (Phi) is 3.48. The molecule has 0 saturated heterocycles. The fourth-order valence-electron chi connectivity index (χ4n) is 2.63. The third-order valence-electron chi connectivity index (χ3n) is 3.98. The zero-order valence-electron chi connectivity index (χ0n) is 11.3. The highest BCUT2D eigenvalue weighted by Crippen LogP contribution is 2.44. The van der Waals surface area contributed by atoms with Crippen molar-refractivity contribution in [1.29, 1.82) is 0 Å². The van der Waals surface area contributed by atoms with Crippen LogP contribution in [-0.4, -0.2) is 18.8 Å². The SMILES string of the molecule is CCc1c(CC2(N)CC2)c(Br)cc2c1OCCCO2. The van der Waals surface area contributed by atoms with Crippen molar-refractivity contribution in [1.82, 2.24) is 0 Å². The van der Waals surface area contributed by atoms with Gasteiger partial charge in [-0.3, -0.25) is 0 Å². The molecule has 19 heavy (non-hydrogen) atoms. The van der Waals surface area contributed by atoms with Gasteiger partial charge < -0.3 is 15.2 Å². The van der Waals surface area contributed by atoms with E-state index in [1.165, 1.54) is 11.1 Å². The molecular formula is C15H20BrNO2. The van der Waals surface area contributed by atoms with Crippen LogP contribution in [0.5, 0.6) is 11.5 Å². The fraction of sp³-hybridized carbons (Fsp3) is 0.600. The molecule has 1 aliphatic heterocycles. The van der Waals surface area contributed by atoms with Crippen molar-refractivity contribution < 1.29 is 9.47 Å². The van der Waals surface area contributed by atoms with Crippen LogP contribution in [0, 0.1) is 0 Å². The lowest BCUT2D eigenvalue weighted by Gasteiger charge is -2.20.